The minimum atomic E-state index is -0.351. The van der Waals surface area contributed by atoms with Crippen molar-refractivity contribution >= 4 is 17.1 Å². The number of nitrogens with two attached hydrogens (primary N) is 3. The van der Waals surface area contributed by atoms with Crippen LogP contribution in [0, 0.1) is 52.3 Å². The second kappa shape index (κ2) is 13.7. The summed E-state index contributed by atoms with van der Waals surface area (Å²) in [7, 11) is 0. The molecule has 0 heterocycles. The Kier molecular flexibility index (Phi) is 9.69. The molecule has 270 valence electrons. The van der Waals surface area contributed by atoms with Crippen molar-refractivity contribution in [2.24, 2.45) is 52.3 Å². The summed E-state index contributed by atoms with van der Waals surface area (Å²) in [5.41, 5.74) is 25.6. The maximum absolute atomic E-state index is 11.4. The molecule has 50 heavy (non-hydrogen) atoms. The smallest absolute Gasteiger partial charge is 0.128 e. The van der Waals surface area contributed by atoms with Crippen LogP contribution in [-0.4, -0.2) is 17.3 Å². The first-order chi connectivity index (χ1) is 23.9. The normalized spacial score (nSPS) is 34.1. The number of hydrogen-bond acceptors (Lipinski definition) is 5. The van der Waals surface area contributed by atoms with Gasteiger partial charge < -0.3 is 27.0 Å². The molecule has 5 nitrogen and oxygen atoms in total. The van der Waals surface area contributed by atoms with Gasteiger partial charge in [0.05, 0.1) is 6.10 Å². The molecule has 0 amide bonds. The Hall–Kier alpha value is -3.18. The van der Waals surface area contributed by atoms with Crippen LogP contribution in [0.1, 0.15) is 105 Å². The lowest BCUT2D eigenvalue weighted by Crippen LogP contribution is -2.60. The molecule has 3 aromatic rings. The summed E-state index contributed by atoms with van der Waals surface area (Å²) in [6.45, 7) is 12.5. The Labute approximate surface area is 301 Å². The van der Waals surface area contributed by atoms with Crippen LogP contribution in [0.5, 0.6) is 5.75 Å². The quantitative estimate of drug-likeness (QED) is 0.169. The van der Waals surface area contributed by atoms with Gasteiger partial charge in [0.2, 0.25) is 0 Å². The van der Waals surface area contributed by atoms with Crippen LogP contribution in [0.3, 0.4) is 0 Å². The number of fused-ring (bicyclic) bond motifs is 5. The fourth-order valence-corrected chi connectivity index (χ4v) is 12.2. The van der Waals surface area contributed by atoms with Crippen molar-refractivity contribution in [3.05, 3.63) is 60.7 Å². The lowest BCUT2D eigenvalue weighted by Gasteiger charge is -2.63. The van der Waals surface area contributed by atoms with Gasteiger partial charge in [-0.25, -0.2) is 0 Å². The lowest BCUT2D eigenvalue weighted by atomic mass is 9.43. The van der Waals surface area contributed by atoms with E-state index in [0.717, 1.165) is 69.7 Å². The molecule has 0 aliphatic heterocycles. The van der Waals surface area contributed by atoms with E-state index in [4.69, 9.17) is 21.9 Å². The van der Waals surface area contributed by atoms with E-state index in [1.165, 1.54) is 57.8 Å². The van der Waals surface area contributed by atoms with Crippen LogP contribution in [0.15, 0.2) is 60.7 Å². The van der Waals surface area contributed by atoms with E-state index in [1.807, 2.05) is 42.5 Å². The van der Waals surface area contributed by atoms with Gasteiger partial charge in [-0.15, -0.1) is 0 Å². The third kappa shape index (κ3) is 6.20. The molecule has 0 saturated heterocycles. The van der Waals surface area contributed by atoms with Gasteiger partial charge in [-0.2, -0.15) is 0 Å². The molecular formula is C45H63N3O2. The maximum Gasteiger partial charge on any atom is 0.128 e. The third-order valence-electron chi connectivity index (χ3n) is 14.8. The topological polar surface area (TPSA) is 108 Å². The number of aliphatic hydroxyl groups excluding tert-OH is 1. The zero-order chi connectivity index (χ0) is 35.4. The average Bonchev–Trinajstić information content (AvgIpc) is 3.44. The highest BCUT2D eigenvalue weighted by Gasteiger charge is 2.63. The van der Waals surface area contributed by atoms with Gasteiger partial charge in [0.15, 0.2) is 0 Å². The predicted molar refractivity (Wildman–Crippen MR) is 209 cm³/mol. The molecule has 7 rings (SSSR count). The number of nitrogen functional groups attached to an aromatic ring is 3. The fraction of sp³-hybridized carbons (Fsp3) is 0.600. The summed E-state index contributed by atoms with van der Waals surface area (Å²) in [5.74, 6) is 5.87. The van der Waals surface area contributed by atoms with Crippen molar-refractivity contribution in [1.29, 1.82) is 0 Å². The molecule has 0 aromatic heterocycles. The summed E-state index contributed by atoms with van der Waals surface area (Å²) < 4.78 is 7.39. The Morgan fingerprint density at radius 1 is 0.740 bits per heavy atom. The van der Waals surface area contributed by atoms with Gasteiger partial charge in [-0.05, 0) is 139 Å². The van der Waals surface area contributed by atoms with Crippen molar-refractivity contribution in [3.8, 4) is 28.0 Å². The first-order valence-electron chi connectivity index (χ1n) is 19.9. The monoisotopic (exact) mass is 677 g/mol. The zero-order valence-electron chi connectivity index (χ0n) is 31.3. The van der Waals surface area contributed by atoms with Gasteiger partial charge >= 0.3 is 0 Å². The molecule has 4 fully saturated rings. The van der Waals surface area contributed by atoms with Crippen LogP contribution in [0.25, 0.3) is 22.3 Å². The predicted octanol–water partition coefficient (Wildman–Crippen LogP) is 10.6. The molecule has 0 radical (unpaired) electrons. The lowest BCUT2D eigenvalue weighted by molar-refractivity contribution is -0.174. The van der Waals surface area contributed by atoms with Crippen molar-refractivity contribution < 1.29 is 9.84 Å². The van der Waals surface area contributed by atoms with E-state index in [2.05, 4.69) is 52.8 Å². The first-order valence-corrected chi connectivity index (χ1v) is 19.9. The Morgan fingerprint density at radius 2 is 1.40 bits per heavy atom. The SMILES string of the molecule is CC(C)CCC[C@@H](C)[C@H]1CC[C@H]2[C@H]3CC[C@@H]4C[C@H](O)CC(Oc5ccc(N)c(-c6ccc(N)cc6)c5-c5ccc(N)cc5)[C@]4(C)[C@H]3CC[C@]12C. The molecule has 0 spiro atoms. The number of ether oxygens (including phenoxy) is 1. The fourth-order valence-electron chi connectivity index (χ4n) is 12.2. The van der Waals surface area contributed by atoms with Gasteiger partial charge in [-0.1, -0.05) is 78.1 Å². The zero-order valence-corrected chi connectivity index (χ0v) is 31.3. The third-order valence-corrected chi connectivity index (χ3v) is 14.8. The highest BCUT2D eigenvalue weighted by Crippen LogP contribution is 2.69. The molecule has 4 aliphatic rings. The summed E-state index contributed by atoms with van der Waals surface area (Å²) in [6, 6.07) is 20.0. The highest BCUT2D eigenvalue weighted by atomic mass is 16.5. The first kappa shape index (κ1) is 35.2. The van der Waals surface area contributed by atoms with Crippen LogP contribution >= 0.6 is 0 Å². The average molecular weight is 678 g/mol. The number of anilines is 3. The largest absolute Gasteiger partial charge is 0.489 e. The number of benzene rings is 3. The van der Waals surface area contributed by atoms with E-state index in [0.29, 0.717) is 35.0 Å². The summed E-state index contributed by atoms with van der Waals surface area (Å²) in [6.07, 6.45) is 13.1. The Bertz CT molecular complexity index is 1640. The minimum absolute atomic E-state index is 0.00836. The van der Waals surface area contributed by atoms with Crippen LogP contribution in [0.4, 0.5) is 17.1 Å². The molecular weight excluding hydrogens is 615 g/mol. The van der Waals surface area contributed by atoms with Crippen molar-refractivity contribution in [3.63, 3.8) is 0 Å². The van der Waals surface area contributed by atoms with Crippen molar-refractivity contribution in [1.82, 2.24) is 0 Å². The van der Waals surface area contributed by atoms with E-state index < -0.39 is 0 Å². The van der Waals surface area contributed by atoms with Crippen molar-refractivity contribution in [2.45, 2.75) is 117 Å². The van der Waals surface area contributed by atoms with Crippen molar-refractivity contribution in [2.75, 3.05) is 17.2 Å². The molecule has 4 aliphatic carbocycles. The van der Waals surface area contributed by atoms with E-state index >= 15 is 0 Å². The highest BCUT2D eigenvalue weighted by molar-refractivity contribution is 5.94. The summed E-state index contributed by atoms with van der Waals surface area (Å²) >= 11 is 0. The molecule has 7 N–H and O–H groups in total. The van der Waals surface area contributed by atoms with E-state index in [-0.39, 0.29) is 17.6 Å². The molecule has 5 heteroatoms. The van der Waals surface area contributed by atoms with Crippen LogP contribution < -0.4 is 21.9 Å². The maximum atomic E-state index is 11.4. The summed E-state index contributed by atoms with van der Waals surface area (Å²) in [5, 5.41) is 11.4. The Morgan fingerprint density at radius 3 is 2.06 bits per heavy atom. The Balaban J connectivity index is 1.23. The van der Waals surface area contributed by atoms with Gasteiger partial charge in [-0.3, -0.25) is 0 Å². The van der Waals surface area contributed by atoms with Crippen LogP contribution in [-0.2, 0) is 0 Å². The van der Waals surface area contributed by atoms with E-state index in [9.17, 15) is 5.11 Å². The summed E-state index contributed by atoms with van der Waals surface area (Å²) in [4.78, 5) is 0. The number of aliphatic hydroxyl groups is 1. The second-order valence-corrected chi connectivity index (χ2v) is 17.9. The van der Waals surface area contributed by atoms with E-state index in [1.54, 1.807) is 0 Å². The molecule has 1 unspecified atom stereocenters. The standard InChI is InChI=1S/C45H63N3O2/c1-27(2)7-6-8-28(3)36-19-20-37-35-18-13-31-25-34(49)26-41(45(31,5)38(35)23-24-44(36,37)4)50-40-22-21-39(48)42(29-9-14-32(46)15-10-29)43(40)30-11-16-33(47)17-12-30/h9-12,14-17,21-22,27-28,31,34-38,41,49H,6-8,13,18-20,23-26,46-48H2,1-5H3/t28-,31-,34+,35-,36-,37+,38+,41?,44-,45+/m1/s1. The van der Waals surface area contributed by atoms with Gasteiger partial charge in [0.1, 0.15) is 11.9 Å². The number of hydrogen-bond donors (Lipinski definition) is 4. The molecule has 0 bridgehead atoms. The van der Waals surface area contributed by atoms with Crippen LogP contribution in [0.2, 0.25) is 0 Å². The molecule has 10 atom stereocenters. The molecule has 4 saturated carbocycles. The number of rotatable bonds is 9. The molecule has 3 aromatic carbocycles. The van der Waals surface area contributed by atoms with Gasteiger partial charge in [0.25, 0.3) is 0 Å². The second-order valence-electron chi connectivity index (χ2n) is 17.9. The van der Waals surface area contributed by atoms with Gasteiger partial charge in [0, 0.05) is 40.0 Å². The minimum Gasteiger partial charge on any atom is -0.489 e.